The number of hydrogen-bond acceptors (Lipinski definition) is 10. The summed E-state index contributed by atoms with van der Waals surface area (Å²) in [5, 5.41) is 35.2. The molecule has 3 aromatic rings. The van der Waals surface area contributed by atoms with Crippen molar-refractivity contribution in [1.29, 1.82) is 0 Å². The average molecular weight is 479 g/mol. The number of rotatable bonds is 6. The van der Waals surface area contributed by atoms with Crippen molar-refractivity contribution < 1.29 is 24.5 Å². The first-order valence-electron chi connectivity index (χ1n) is 11.3. The van der Waals surface area contributed by atoms with Gasteiger partial charge in [-0.05, 0) is 53.1 Å². The Bertz CT molecular complexity index is 1230. The fraction of sp³-hybridized carbons (Fsp3) is 0.391. The number of nitrogens with one attached hydrogen (secondary N) is 1. The number of carbonyl (C=O) groups excluding carboxylic acids is 2. The summed E-state index contributed by atoms with van der Waals surface area (Å²) >= 11 is 0. The molecule has 2 aliphatic rings. The minimum absolute atomic E-state index is 0.222. The molecule has 0 radical (unpaired) electrons. The van der Waals surface area contributed by atoms with Gasteiger partial charge in [0.05, 0.1) is 29.4 Å². The van der Waals surface area contributed by atoms with Gasteiger partial charge in [0.2, 0.25) is 0 Å². The molecule has 2 aromatic heterocycles. The van der Waals surface area contributed by atoms with Crippen LogP contribution in [0.3, 0.4) is 0 Å². The third kappa shape index (κ3) is 4.63. The van der Waals surface area contributed by atoms with Crippen LogP contribution in [0.1, 0.15) is 49.9 Å². The van der Waals surface area contributed by atoms with Crippen LogP contribution >= 0.6 is 0 Å². The number of tetrazole rings is 1. The maximum atomic E-state index is 12.7. The maximum absolute atomic E-state index is 12.7. The first-order valence-corrected chi connectivity index (χ1v) is 11.3. The number of aromatic nitrogens is 5. The van der Waals surface area contributed by atoms with Gasteiger partial charge in [0.1, 0.15) is 12.9 Å². The van der Waals surface area contributed by atoms with E-state index >= 15 is 0 Å². The van der Waals surface area contributed by atoms with Gasteiger partial charge in [-0.15, -0.1) is 5.10 Å². The Morgan fingerprint density at radius 2 is 2.17 bits per heavy atom. The van der Waals surface area contributed by atoms with Crippen molar-refractivity contribution in [1.82, 2.24) is 35.4 Å². The van der Waals surface area contributed by atoms with Gasteiger partial charge in [-0.25, -0.2) is 9.78 Å². The summed E-state index contributed by atoms with van der Waals surface area (Å²) in [6.45, 7) is 3.33. The number of esters is 1. The van der Waals surface area contributed by atoms with E-state index in [1.807, 2.05) is 11.8 Å². The molecule has 3 N–H and O–H groups in total. The molecular weight excluding hydrogens is 454 g/mol. The summed E-state index contributed by atoms with van der Waals surface area (Å²) in [6, 6.07) is 6.29. The van der Waals surface area contributed by atoms with Crippen molar-refractivity contribution in [2.45, 2.75) is 38.2 Å². The van der Waals surface area contributed by atoms with Crippen LogP contribution in [0, 0.1) is 6.92 Å². The number of likely N-dealkylation sites (tertiary alicyclic amines) is 1. The van der Waals surface area contributed by atoms with Crippen LogP contribution in [0.4, 0.5) is 0 Å². The Hall–Kier alpha value is -3.74. The lowest BCUT2D eigenvalue weighted by Crippen LogP contribution is -2.54. The first-order chi connectivity index (χ1) is 16.9. The summed E-state index contributed by atoms with van der Waals surface area (Å²) in [4.78, 5) is 30.6. The van der Waals surface area contributed by atoms with Crippen LogP contribution in [0.15, 0.2) is 36.8 Å². The van der Waals surface area contributed by atoms with Crippen LogP contribution in [-0.4, -0.2) is 84.0 Å². The van der Waals surface area contributed by atoms with Crippen molar-refractivity contribution in [3.63, 3.8) is 0 Å². The molecule has 3 atom stereocenters. The Morgan fingerprint density at radius 1 is 1.31 bits per heavy atom. The highest BCUT2D eigenvalue weighted by Crippen LogP contribution is 2.29. The minimum Gasteiger partial charge on any atom is -0.457 e. The molecule has 35 heavy (non-hydrogen) atoms. The lowest BCUT2D eigenvalue weighted by Gasteiger charge is -2.37. The number of ether oxygens (including phenoxy) is 1. The van der Waals surface area contributed by atoms with Crippen LogP contribution < -0.4 is 5.32 Å². The number of aliphatic hydroxyl groups excluding tert-OH is 2. The van der Waals surface area contributed by atoms with E-state index in [-0.39, 0.29) is 18.5 Å². The third-order valence-corrected chi connectivity index (χ3v) is 6.57. The van der Waals surface area contributed by atoms with E-state index in [9.17, 15) is 19.8 Å². The largest absolute Gasteiger partial charge is 0.457 e. The number of aliphatic hydroxyl groups is 2. The van der Waals surface area contributed by atoms with E-state index < -0.39 is 18.2 Å². The molecule has 1 amide bonds. The third-order valence-electron chi connectivity index (χ3n) is 6.57. The van der Waals surface area contributed by atoms with Crippen molar-refractivity contribution in [2.24, 2.45) is 0 Å². The number of amides is 1. The van der Waals surface area contributed by atoms with Gasteiger partial charge < -0.3 is 20.3 Å². The van der Waals surface area contributed by atoms with E-state index in [0.717, 1.165) is 16.7 Å². The predicted molar refractivity (Wildman–Crippen MR) is 121 cm³/mol. The zero-order valence-electron chi connectivity index (χ0n) is 19.0. The zero-order chi connectivity index (χ0) is 24.5. The molecule has 5 rings (SSSR count). The standard InChI is InChI=1S/C23H25N7O5/c1-13-15(3-4-16-17(13)11-35-23(16)34)19(31)9-29-7-6-18(20(32)10-29)26-22(33)14-2-5-21(24-8-14)30-12-25-27-28-30/h2-5,8,12,18-20,31-32H,6-7,9-11H2,1H3,(H,26,33). The highest BCUT2D eigenvalue weighted by molar-refractivity contribution is 5.94. The number of hydrogen-bond donors (Lipinski definition) is 3. The van der Waals surface area contributed by atoms with Gasteiger partial charge in [-0.2, -0.15) is 4.68 Å². The second-order valence-corrected chi connectivity index (χ2v) is 8.75. The molecule has 4 heterocycles. The second-order valence-electron chi connectivity index (χ2n) is 8.75. The summed E-state index contributed by atoms with van der Waals surface area (Å²) in [5.41, 5.74) is 3.31. The Labute approximate surface area is 200 Å². The number of piperidine rings is 1. The minimum atomic E-state index is -0.791. The molecule has 0 aliphatic carbocycles. The number of cyclic esters (lactones) is 1. The number of fused-ring (bicyclic) bond motifs is 1. The molecule has 3 unspecified atom stereocenters. The first kappa shape index (κ1) is 23.0. The second kappa shape index (κ2) is 9.49. The van der Waals surface area contributed by atoms with Crippen molar-refractivity contribution >= 4 is 11.9 Å². The molecule has 12 heteroatoms. The SMILES string of the molecule is Cc1c(C(O)CN2CCC(NC(=O)c3ccc(-n4cnnn4)nc3)C(O)C2)ccc2c1COC2=O. The molecule has 1 fully saturated rings. The number of carbonyl (C=O) groups is 2. The maximum Gasteiger partial charge on any atom is 0.338 e. The van der Waals surface area contributed by atoms with Gasteiger partial charge in [-0.1, -0.05) is 6.07 Å². The summed E-state index contributed by atoms with van der Waals surface area (Å²) in [7, 11) is 0. The van der Waals surface area contributed by atoms with Gasteiger partial charge in [0.15, 0.2) is 5.82 Å². The molecule has 0 spiro atoms. The fourth-order valence-corrected chi connectivity index (χ4v) is 4.58. The normalized spacial score (nSPS) is 20.8. The Morgan fingerprint density at radius 3 is 2.89 bits per heavy atom. The van der Waals surface area contributed by atoms with E-state index in [1.165, 1.54) is 17.2 Å². The average Bonchev–Trinajstić information content (AvgIpc) is 3.52. The topological polar surface area (TPSA) is 156 Å². The zero-order valence-corrected chi connectivity index (χ0v) is 19.0. The van der Waals surface area contributed by atoms with Gasteiger partial charge >= 0.3 is 5.97 Å². The van der Waals surface area contributed by atoms with Gasteiger partial charge in [0, 0.05) is 31.4 Å². The molecule has 0 bridgehead atoms. The number of benzene rings is 1. The monoisotopic (exact) mass is 479 g/mol. The highest BCUT2D eigenvalue weighted by atomic mass is 16.5. The van der Waals surface area contributed by atoms with Crippen molar-refractivity contribution in [3.05, 3.63) is 64.6 Å². The Kier molecular flexibility index (Phi) is 6.24. The lowest BCUT2D eigenvalue weighted by molar-refractivity contribution is 0.0174. The summed E-state index contributed by atoms with van der Waals surface area (Å²) < 4.78 is 6.47. The quantitative estimate of drug-likeness (QED) is 0.409. The molecular formula is C23H25N7O5. The van der Waals surface area contributed by atoms with E-state index in [0.29, 0.717) is 43.0 Å². The smallest absolute Gasteiger partial charge is 0.338 e. The van der Waals surface area contributed by atoms with Crippen molar-refractivity contribution in [2.75, 3.05) is 19.6 Å². The number of pyridine rings is 1. The molecule has 2 aliphatic heterocycles. The van der Waals surface area contributed by atoms with E-state index in [4.69, 9.17) is 4.74 Å². The van der Waals surface area contributed by atoms with Crippen molar-refractivity contribution in [3.8, 4) is 5.82 Å². The van der Waals surface area contributed by atoms with Crippen LogP contribution in [-0.2, 0) is 11.3 Å². The molecule has 1 saturated heterocycles. The fourth-order valence-electron chi connectivity index (χ4n) is 4.58. The predicted octanol–water partition coefficient (Wildman–Crippen LogP) is -0.0653. The number of nitrogens with zero attached hydrogens (tertiary/aromatic N) is 6. The molecule has 182 valence electrons. The Balaban J connectivity index is 1.16. The molecule has 12 nitrogen and oxygen atoms in total. The van der Waals surface area contributed by atoms with Gasteiger partial charge in [0.25, 0.3) is 5.91 Å². The van der Waals surface area contributed by atoms with Crippen LogP contribution in [0.5, 0.6) is 0 Å². The molecule has 0 saturated carbocycles. The number of β-amino-alcohol motifs (C(OH)–C–C–N with tert-alkyl or cyclic N) is 2. The van der Waals surface area contributed by atoms with E-state index in [1.54, 1.807) is 24.3 Å². The summed E-state index contributed by atoms with van der Waals surface area (Å²) in [5.74, 6) is -0.185. The van der Waals surface area contributed by atoms with Crippen LogP contribution in [0.25, 0.3) is 5.82 Å². The van der Waals surface area contributed by atoms with E-state index in [2.05, 4.69) is 25.8 Å². The highest BCUT2D eigenvalue weighted by Gasteiger charge is 2.31. The molecule has 1 aromatic carbocycles. The van der Waals surface area contributed by atoms with Gasteiger partial charge in [-0.3, -0.25) is 9.69 Å². The summed E-state index contributed by atoms with van der Waals surface area (Å²) in [6.07, 6.45) is 1.80. The van der Waals surface area contributed by atoms with Crippen LogP contribution in [0.2, 0.25) is 0 Å². The lowest BCUT2D eigenvalue weighted by atomic mass is 9.94.